The third kappa shape index (κ3) is 2.66. The molecular formula is C15H17NO2S2. The minimum Gasteiger partial charge on any atom is -0.306 e. The van der Waals surface area contributed by atoms with Crippen molar-refractivity contribution in [1.29, 1.82) is 0 Å². The van der Waals surface area contributed by atoms with E-state index in [1.165, 1.54) is 4.88 Å². The van der Waals surface area contributed by atoms with Crippen molar-refractivity contribution in [3.63, 3.8) is 0 Å². The highest BCUT2D eigenvalue weighted by molar-refractivity contribution is 7.91. The number of rotatable bonds is 4. The minimum atomic E-state index is -3.12. The Bertz CT molecular complexity index is 692. The van der Waals surface area contributed by atoms with E-state index in [2.05, 4.69) is 23.7 Å². The van der Waals surface area contributed by atoms with Crippen LogP contribution in [0.2, 0.25) is 0 Å². The molecule has 20 heavy (non-hydrogen) atoms. The number of benzene rings is 1. The number of sulfone groups is 1. The van der Waals surface area contributed by atoms with Crippen LogP contribution in [0.1, 0.15) is 23.4 Å². The molecule has 2 unspecified atom stereocenters. The molecule has 3 rings (SSSR count). The molecule has 1 N–H and O–H groups in total. The molecular weight excluding hydrogens is 290 g/mol. The quantitative estimate of drug-likeness (QED) is 0.945. The molecule has 0 fully saturated rings. The summed E-state index contributed by atoms with van der Waals surface area (Å²) in [6.07, 6.45) is 0.927. The summed E-state index contributed by atoms with van der Waals surface area (Å²) in [4.78, 5) is 1.81. The van der Waals surface area contributed by atoms with Crippen LogP contribution in [0.4, 0.5) is 0 Å². The molecule has 2 heterocycles. The highest BCUT2D eigenvalue weighted by Crippen LogP contribution is 2.33. The second-order valence-corrected chi connectivity index (χ2v) is 8.26. The highest BCUT2D eigenvalue weighted by Gasteiger charge is 2.34. The van der Waals surface area contributed by atoms with Crippen molar-refractivity contribution in [2.24, 2.45) is 0 Å². The van der Waals surface area contributed by atoms with Gasteiger partial charge in [-0.25, -0.2) is 8.42 Å². The molecule has 0 saturated carbocycles. The topological polar surface area (TPSA) is 46.2 Å². The SMILES string of the molecule is CC(Cc1cccs1)NC1CS(=O)(=O)c2ccccc21. The summed E-state index contributed by atoms with van der Waals surface area (Å²) in [5.74, 6) is 0.168. The number of nitrogens with one attached hydrogen (secondary N) is 1. The van der Waals surface area contributed by atoms with Gasteiger partial charge in [0.2, 0.25) is 0 Å². The molecule has 1 aliphatic rings. The van der Waals surface area contributed by atoms with Gasteiger partial charge in [0, 0.05) is 17.0 Å². The zero-order valence-electron chi connectivity index (χ0n) is 11.2. The van der Waals surface area contributed by atoms with Crippen LogP contribution in [0.3, 0.4) is 0 Å². The van der Waals surface area contributed by atoms with Gasteiger partial charge >= 0.3 is 0 Å². The lowest BCUT2D eigenvalue weighted by Crippen LogP contribution is -2.32. The average Bonchev–Trinajstić information content (AvgIpc) is 2.98. The summed E-state index contributed by atoms with van der Waals surface area (Å²) < 4.78 is 24.2. The van der Waals surface area contributed by atoms with Gasteiger partial charge in [0.1, 0.15) is 0 Å². The first-order valence-corrected chi connectivity index (χ1v) is 9.19. The first-order chi connectivity index (χ1) is 9.56. The van der Waals surface area contributed by atoms with Gasteiger partial charge in [-0.2, -0.15) is 0 Å². The molecule has 1 aromatic carbocycles. The van der Waals surface area contributed by atoms with Crippen LogP contribution >= 0.6 is 11.3 Å². The largest absolute Gasteiger partial charge is 0.306 e. The van der Waals surface area contributed by atoms with E-state index >= 15 is 0 Å². The summed E-state index contributed by atoms with van der Waals surface area (Å²) >= 11 is 1.74. The van der Waals surface area contributed by atoms with Gasteiger partial charge in [0.05, 0.1) is 10.6 Å². The number of hydrogen-bond donors (Lipinski definition) is 1. The third-order valence-corrected chi connectivity index (χ3v) is 6.30. The lowest BCUT2D eigenvalue weighted by molar-refractivity contribution is 0.482. The molecule has 0 radical (unpaired) electrons. The Balaban J connectivity index is 1.76. The molecule has 2 atom stereocenters. The zero-order chi connectivity index (χ0) is 14.2. The minimum absolute atomic E-state index is 0.0915. The molecule has 0 spiro atoms. The summed E-state index contributed by atoms with van der Waals surface area (Å²) in [6, 6.07) is 11.6. The maximum absolute atomic E-state index is 12.1. The van der Waals surface area contributed by atoms with Crippen LogP contribution in [0.25, 0.3) is 0 Å². The summed E-state index contributed by atoms with van der Waals surface area (Å²) in [6.45, 7) is 2.10. The molecule has 1 aromatic heterocycles. The van der Waals surface area contributed by atoms with Gasteiger partial charge < -0.3 is 5.32 Å². The van der Waals surface area contributed by atoms with Crippen molar-refractivity contribution >= 4 is 21.2 Å². The highest BCUT2D eigenvalue weighted by atomic mass is 32.2. The number of fused-ring (bicyclic) bond motifs is 1. The van der Waals surface area contributed by atoms with Crippen LogP contribution in [0.5, 0.6) is 0 Å². The summed E-state index contributed by atoms with van der Waals surface area (Å²) in [7, 11) is -3.12. The summed E-state index contributed by atoms with van der Waals surface area (Å²) in [5.41, 5.74) is 0.908. The maximum atomic E-state index is 12.1. The van der Waals surface area contributed by atoms with E-state index < -0.39 is 9.84 Å². The fourth-order valence-electron chi connectivity index (χ4n) is 2.72. The fourth-order valence-corrected chi connectivity index (χ4v) is 5.31. The Morgan fingerprint density at radius 1 is 1.30 bits per heavy atom. The fraction of sp³-hybridized carbons (Fsp3) is 0.333. The Kier molecular flexibility index (Phi) is 3.67. The third-order valence-electron chi connectivity index (χ3n) is 3.59. The van der Waals surface area contributed by atoms with E-state index in [0.717, 1.165) is 12.0 Å². The Hall–Kier alpha value is -1.17. The average molecular weight is 307 g/mol. The molecule has 2 aromatic rings. The van der Waals surface area contributed by atoms with Gasteiger partial charge in [-0.05, 0) is 36.4 Å². The van der Waals surface area contributed by atoms with Gasteiger partial charge in [-0.15, -0.1) is 11.3 Å². The molecule has 3 nitrogen and oxygen atoms in total. The zero-order valence-corrected chi connectivity index (χ0v) is 12.9. The van der Waals surface area contributed by atoms with E-state index in [0.29, 0.717) is 4.90 Å². The maximum Gasteiger partial charge on any atom is 0.180 e. The first kappa shape index (κ1) is 13.8. The predicted octanol–water partition coefficient (Wildman–Crippen LogP) is 2.80. The first-order valence-electron chi connectivity index (χ1n) is 6.66. The van der Waals surface area contributed by atoms with Crippen molar-refractivity contribution in [2.45, 2.75) is 30.3 Å². The van der Waals surface area contributed by atoms with Crippen LogP contribution in [-0.4, -0.2) is 20.2 Å². The van der Waals surface area contributed by atoms with Crippen molar-refractivity contribution < 1.29 is 8.42 Å². The lowest BCUT2D eigenvalue weighted by atomic mass is 10.1. The van der Waals surface area contributed by atoms with Gasteiger partial charge in [0.25, 0.3) is 0 Å². The van der Waals surface area contributed by atoms with E-state index in [4.69, 9.17) is 0 Å². The van der Waals surface area contributed by atoms with Crippen LogP contribution < -0.4 is 5.32 Å². The van der Waals surface area contributed by atoms with Gasteiger partial charge in [-0.3, -0.25) is 0 Å². The van der Waals surface area contributed by atoms with E-state index in [1.807, 2.05) is 18.2 Å². The number of hydrogen-bond acceptors (Lipinski definition) is 4. The number of thiophene rings is 1. The molecule has 0 amide bonds. The van der Waals surface area contributed by atoms with Gasteiger partial charge in [-0.1, -0.05) is 24.3 Å². The van der Waals surface area contributed by atoms with Crippen LogP contribution in [0.15, 0.2) is 46.7 Å². The standard InChI is InChI=1S/C15H17NO2S2/c1-11(9-12-5-4-8-19-12)16-14-10-20(17,18)15-7-3-2-6-13(14)15/h2-8,11,14,16H,9-10H2,1H3. The smallest absolute Gasteiger partial charge is 0.180 e. The molecule has 0 bridgehead atoms. The molecule has 106 valence electrons. The molecule has 5 heteroatoms. The van der Waals surface area contributed by atoms with Gasteiger partial charge in [0.15, 0.2) is 9.84 Å². The Morgan fingerprint density at radius 3 is 2.85 bits per heavy atom. The Labute approximate surface area is 123 Å². The van der Waals surface area contributed by atoms with E-state index in [1.54, 1.807) is 23.5 Å². The van der Waals surface area contributed by atoms with Crippen molar-refractivity contribution in [3.8, 4) is 0 Å². The van der Waals surface area contributed by atoms with Crippen LogP contribution in [-0.2, 0) is 16.3 Å². The van der Waals surface area contributed by atoms with Crippen molar-refractivity contribution in [2.75, 3.05) is 5.75 Å². The normalized spacial score (nSPS) is 21.6. The van der Waals surface area contributed by atoms with Crippen molar-refractivity contribution in [3.05, 3.63) is 52.2 Å². The van der Waals surface area contributed by atoms with E-state index in [-0.39, 0.29) is 17.8 Å². The monoisotopic (exact) mass is 307 g/mol. The summed E-state index contributed by atoms with van der Waals surface area (Å²) in [5, 5.41) is 5.52. The second kappa shape index (κ2) is 5.31. The van der Waals surface area contributed by atoms with E-state index in [9.17, 15) is 8.42 Å². The lowest BCUT2D eigenvalue weighted by Gasteiger charge is -2.19. The Morgan fingerprint density at radius 2 is 2.10 bits per heavy atom. The molecule has 1 aliphatic heterocycles. The van der Waals surface area contributed by atoms with Crippen molar-refractivity contribution in [1.82, 2.24) is 5.32 Å². The van der Waals surface area contributed by atoms with Crippen LogP contribution in [0, 0.1) is 0 Å². The molecule has 0 saturated heterocycles. The predicted molar refractivity (Wildman–Crippen MR) is 81.9 cm³/mol. The molecule has 0 aliphatic carbocycles. The second-order valence-electron chi connectivity index (χ2n) is 5.22.